The zero-order valence-electron chi connectivity index (χ0n) is 7.23. The van der Waals surface area contributed by atoms with E-state index in [2.05, 4.69) is 0 Å². The van der Waals surface area contributed by atoms with Crippen molar-refractivity contribution in [3.63, 3.8) is 0 Å². The quantitative estimate of drug-likeness (QED) is 0.618. The highest BCUT2D eigenvalue weighted by Gasteiger charge is 2.09. The third-order valence-corrected chi connectivity index (χ3v) is 2.11. The molecule has 0 radical (unpaired) electrons. The molecule has 2 N–H and O–H groups in total. The van der Waals surface area contributed by atoms with Gasteiger partial charge in [0, 0.05) is 16.8 Å². The van der Waals surface area contributed by atoms with Crippen molar-refractivity contribution in [2.24, 2.45) is 0 Å². The fourth-order valence-corrected chi connectivity index (χ4v) is 1.43. The minimum atomic E-state index is -0.0825. The highest BCUT2D eigenvalue weighted by Crippen LogP contribution is 2.34. The van der Waals surface area contributed by atoms with Crippen LogP contribution < -0.4 is 0 Å². The molecule has 0 spiro atoms. The van der Waals surface area contributed by atoms with Crippen molar-refractivity contribution in [2.75, 3.05) is 0 Å². The first kappa shape index (κ1) is 8.39. The van der Waals surface area contributed by atoms with E-state index in [4.69, 9.17) is 5.26 Å². The Morgan fingerprint density at radius 3 is 2.36 bits per heavy atom. The highest BCUT2D eigenvalue weighted by atomic mass is 16.3. The van der Waals surface area contributed by atoms with Crippen LogP contribution in [0.1, 0.15) is 5.56 Å². The van der Waals surface area contributed by atoms with Crippen LogP contribution in [0.2, 0.25) is 0 Å². The Morgan fingerprint density at radius 1 is 1.07 bits per heavy atom. The summed E-state index contributed by atoms with van der Waals surface area (Å²) < 4.78 is 0. The lowest BCUT2D eigenvalue weighted by Crippen LogP contribution is -1.80. The van der Waals surface area contributed by atoms with E-state index in [1.54, 1.807) is 24.3 Å². The van der Waals surface area contributed by atoms with Crippen molar-refractivity contribution in [3.8, 4) is 17.6 Å². The highest BCUT2D eigenvalue weighted by molar-refractivity contribution is 5.94. The summed E-state index contributed by atoms with van der Waals surface area (Å²) in [5.41, 5.74) is 0.0844. The summed E-state index contributed by atoms with van der Waals surface area (Å²) >= 11 is 0. The van der Waals surface area contributed by atoms with Gasteiger partial charge in [-0.2, -0.15) is 5.26 Å². The van der Waals surface area contributed by atoms with Crippen LogP contribution in [-0.2, 0) is 0 Å². The molecule has 2 aromatic rings. The second-order valence-corrected chi connectivity index (χ2v) is 2.95. The molecule has 3 nitrogen and oxygen atoms in total. The molecular weight excluding hydrogens is 178 g/mol. The minimum Gasteiger partial charge on any atom is -0.507 e. The maximum Gasteiger partial charge on any atom is 0.141 e. The van der Waals surface area contributed by atoms with Crippen LogP contribution in [0.15, 0.2) is 30.3 Å². The number of rotatable bonds is 0. The topological polar surface area (TPSA) is 64.2 Å². The molecule has 0 aliphatic rings. The fourth-order valence-electron chi connectivity index (χ4n) is 1.43. The molecule has 0 aromatic heterocycles. The van der Waals surface area contributed by atoms with Crippen molar-refractivity contribution in [1.29, 1.82) is 5.26 Å². The summed E-state index contributed by atoms with van der Waals surface area (Å²) in [6, 6.07) is 9.92. The van der Waals surface area contributed by atoms with E-state index in [1.807, 2.05) is 6.07 Å². The van der Waals surface area contributed by atoms with Gasteiger partial charge in [0.2, 0.25) is 0 Å². The third kappa shape index (κ3) is 1.05. The average Bonchev–Trinajstić information content (AvgIpc) is 2.23. The van der Waals surface area contributed by atoms with E-state index < -0.39 is 0 Å². The smallest absolute Gasteiger partial charge is 0.141 e. The van der Waals surface area contributed by atoms with Crippen LogP contribution in [0.4, 0.5) is 0 Å². The van der Waals surface area contributed by atoms with E-state index >= 15 is 0 Å². The van der Waals surface area contributed by atoms with E-state index in [0.29, 0.717) is 10.8 Å². The van der Waals surface area contributed by atoms with Crippen molar-refractivity contribution < 1.29 is 10.2 Å². The molecule has 0 fully saturated rings. The third-order valence-electron chi connectivity index (χ3n) is 2.11. The van der Waals surface area contributed by atoms with Gasteiger partial charge in [0.1, 0.15) is 17.6 Å². The monoisotopic (exact) mass is 185 g/mol. The maximum atomic E-state index is 9.64. The Balaban J connectivity index is 2.96. The molecular formula is C11H7NO2. The molecule has 3 heteroatoms. The van der Waals surface area contributed by atoms with Gasteiger partial charge in [-0.3, -0.25) is 0 Å². The SMILES string of the molecule is N#Cc1cc(O)c2ccccc2c1O. The molecule has 0 heterocycles. The van der Waals surface area contributed by atoms with Gasteiger partial charge in [0.25, 0.3) is 0 Å². The molecule has 14 heavy (non-hydrogen) atoms. The summed E-state index contributed by atoms with van der Waals surface area (Å²) in [4.78, 5) is 0. The van der Waals surface area contributed by atoms with Crippen LogP contribution in [0.5, 0.6) is 11.5 Å². The van der Waals surface area contributed by atoms with Crippen molar-refractivity contribution in [3.05, 3.63) is 35.9 Å². The molecule has 0 amide bonds. The van der Waals surface area contributed by atoms with Crippen LogP contribution in [0.25, 0.3) is 10.8 Å². The fraction of sp³-hybridized carbons (Fsp3) is 0. The minimum absolute atomic E-state index is 0.00921. The maximum absolute atomic E-state index is 9.64. The number of hydrogen-bond donors (Lipinski definition) is 2. The molecule has 0 aliphatic carbocycles. The van der Waals surface area contributed by atoms with Crippen LogP contribution in [0, 0.1) is 11.3 Å². The number of nitrogens with zero attached hydrogens (tertiary/aromatic N) is 1. The Morgan fingerprint density at radius 2 is 1.71 bits per heavy atom. The molecule has 0 unspecified atom stereocenters. The second-order valence-electron chi connectivity index (χ2n) is 2.95. The average molecular weight is 185 g/mol. The number of phenols is 2. The Kier molecular flexibility index (Phi) is 1.76. The van der Waals surface area contributed by atoms with Gasteiger partial charge in [-0.25, -0.2) is 0 Å². The predicted molar refractivity (Wildman–Crippen MR) is 52.0 cm³/mol. The predicted octanol–water partition coefficient (Wildman–Crippen LogP) is 2.12. The summed E-state index contributed by atoms with van der Waals surface area (Å²) in [6.07, 6.45) is 0. The summed E-state index contributed by atoms with van der Waals surface area (Å²) in [6.45, 7) is 0. The number of phenolic OH excluding ortho intramolecular Hbond substituents is 2. The molecule has 0 aliphatic heterocycles. The van der Waals surface area contributed by atoms with E-state index in [9.17, 15) is 10.2 Å². The number of benzene rings is 2. The van der Waals surface area contributed by atoms with Gasteiger partial charge < -0.3 is 10.2 Å². The molecule has 0 atom stereocenters. The largest absolute Gasteiger partial charge is 0.507 e. The Bertz CT molecular complexity index is 541. The lowest BCUT2D eigenvalue weighted by Gasteiger charge is -2.04. The number of fused-ring (bicyclic) bond motifs is 1. The second kappa shape index (κ2) is 2.93. The van der Waals surface area contributed by atoms with Crippen molar-refractivity contribution in [2.45, 2.75) is 0 Å². The standard InChI is InChI=1S/C11H7NO2/c12-6-7-5-10(13)8-3-1-2-4-9(8)11(7)14/h1-5,13-14H. The van der Waals surface area contributed by atoms with E-state index in [0.717, 1.165) is 0 Å². The molecule has 0 saturated heterocycles. The van der Waals surface area contributed by atoms with Crippen LogP contribution in [-0.4, -0.2) is 10.2 Å². The molecule has 2 rings (SSSR count). The van der Waals surface area contributed by atoms with Gasteiger partial charge in [0.15, 0.2) is 0 Å². The molecule has 68 valence electrons. The first-order chi connectivity index (χ1) is 6.74. The normalized spacial score (nSPS) is 9.93. The number of nitriles is 1. The van der Waals surface area contributed by atoms with Gasteiger partial charge in [-0.15, -0.1) is 0 Å². The van der Waals surface area contributed by atoms with Crippen LogP contribution >= 0.6 is 0 Å². The lowest BCUT2D eigenvalue weighted by atomic mass is 10.1. The van der Waals surface area contributed by atoms with Crippen molar-refractivity contribution >= 4 is 10.8 Å². The van der Waals surface area contributed by atoms with Gasteiger partial charge in [-0.1, -0.05) is 24.3 Å². The van der Waals surface area contributed by atoms with Gasteiger partial charge in [0.05, 0.1) is 5.56 Å². The number of hydrogen-bond acceptors (Lipinski definition) is 3. The van der Waals surface area contributed by atoms with E-state index in [1.165, 1.54) is 6.07 Å². The Hall–Kier alpha value is -2.21. The summed E-state index contributed by atoms with van der Waals surface area (Å²) in [7, 11) is 0. The van der Waals surface area contributed by atoms with Crippen molar-refractivity contribution in [1.82, 2.24) is 0 Å². The van der Waals surface area contributed by atoms with Gasteiger partial charge in [-0.05, 0) is 0 Å². The first-order valence-electron chi connectivity index (χ1n) is 4.08. The molecule has 2 aromatic carbocycles. The lowest BCUT2D eigenvalue weighted by molar-refractivity contribution is 0.468. The summed E-state index contributed by atoms with van der Waals surface area (Å²) in [5, 5.41) is 28.9. The first-order valence-corrected chi connectivity index (χ1v) is 4.08. The van der Waals surface area contributed by atoms with Crippen LogP contribution in [0.3, 0.4) is 0 Å². The molecule has 0 bridgehead atoms. The molecule has 0 saturated carbocycles. The summed E-state index contributed by atoms with van der Waals surface area (Å²) in [5.74, 6) is -0.0733. The zero-order chi connectivity index (χ0) is 10.1. The van der Waals surface area contributed by atoms with E-state index in [-0.39, 0.29) is 17.1 Å². The Labute approximate surface area is 80.5 Å². The zero-order valence-corrected chi connectivity index (χ0v) is 7.23. The van der Waals surface area contributed by atoms with Gasteiger partial charge >= 0.3 is 0 Å². The number of aromatic hydroxyl groups is 2.